The highest BCUT2D eigenvalue weighted by molar-refractivity contribution is 7.74. The smallest absolute Gasteiger partial charge is 0.159 e. The number of halogens is 1. The van der Waals surface area contributed by atoms with Crippen molar-refractivity contribution in [3.05, 3.63) is 83.4 Å². The molecule has 4 aromatic rings. The van der Waals surface area contributed by atoms with Gasteiger partial charge in [-0.2, -0.15) is 0 Å². The van der Waals surface area contributed by atoms with Gasteiger partial charge in [0.15, 0.2) is 5.71 Å². The molecule has 4 rings (SSSR count). The summed E-state index contributed by atoms with van der Waals surface area (Å²) < 4.78 is 31.1. The Labute approximate surface area is 226 Å². The number of nitrogens with one attached hydrogen (secondary N) is 1. The molecule has 10 nitrogen and oxygen atoms in total. The van der Waals surface area contributed by atoms with Crippen molar-refractivity contribution in [3.8, 4) is 17.6 Å². The van der Waals surface area contributed by atoms with Crippen molar-refractivity contribution in [2.45, 2.75) is 13.5 Å². The molecule has 38 heavy (non-hydrogen) atoms. The van der Waals surface area contributed by atoms with Gasteiger partial charge in [-0.25, -0.2) is 14.2 Å². The van der Waals surface area contributed by atoms with Crippen LogP contribution in [-0.4, -0.2) is 42.6 Å². The van der Waals surface area contributed by atoms with Crippen LogP contribution in [0.2, 0.25) is 5.02 Å². The van der Waals surface area contributed by atoms with Crippen molar-refractivity contribution in [2.75, 3.05) is 18.5 Å². The molecule has 0 aliphatic rings. The van der Waals surface area contributed by atoms with Gasteiger partial charge in [0.05, 0.1) is 34.2 Å². The highest BCUT2D eigenvalue weighted by Crippen LogP contribution is 2.31. The Kier molecular flexibility index (Phi) is 9.55. The Hall–Kier alpha value is -4.08. The van der Waals surface area contributed by atoms with Crippen LogP contribution < -0.4 is 10.1 Å². The van der Waals surface area contributed by atoms with E-state index >= 15 is 0 Å². The number of hydrogen-bond donors (Lipinski definition) is 1. The lowest BCUT2D eigenvalue weighted by Crippen LogP contribution is -2.06. The molecule has 2 heterocycles. The van der Waals surface area contributed by atoms with Crippen molar-refractivity contribution in [1.82, 2.24) is 15.0 Å². The van der Waals surface area contributed by atoms with Crippen LogP contribution in [0.4, 0.5) is 11.5 Å². The Morgan fingerprint density at radius 3 is 2.79 bits per heavy atom. The molecule has 1 N–H and O–H groups in total. The zero-order valence-electron chi connectivity index (χ0n) is 20.1. The molecule has 1 unspecified atom stereocenters. The maximum atomic E-state index is 10.5. The minimum Gasteiger partial charge on any atom is -0.750 e. The number of pyridine rings is 1. The lowest BCUT2D eigenvalue weighted by Gasteiger charge is -2.12. The average Bonchev–Trinajstić information content (AvgIpc) is 2.92. The number of nitrogens with zero attached hydrogens (tertiary/aromatic N) is 4. The Morgan fingerprint density at radius 2 is 2.03 bits per heavy atom. The molecule has 0 fully saturated rings. The van der Waals surface area contributed by atoms with E-state index in [-0.39, 0.29) is 13.2 Å². The fourth-order valence-corrected chi connectivity index (χ4v) is 3.73. The number of benzene rings is 2. The van der Waals surface area contributed by atoms with E-state index in [2.05, 4.69) is 41.4 Å². The summed E-state index contributed by atoms with van der Waals surface area (Å²) in [5, 5.41) is 8.44. The minimum absolute atomic E-state index is 0.0608. The van der Waals surface area contributed by atoms with Gasteiger partial charge in [0.25, 0.3) is 0 Å². The molecule has 2 aromatic carbocycles. The number of hydrogen-bond acceptors (Lipinski definition) is 10. The van der Waals surface area contributed by atoms with Crippen LogP contribution >= 0.6 is 11.6 Å². The Morgan fingerprint density at radius 1 is 1.13 bits per heavy atom. The summed E-state index contributed by atoms with van der Waals surface area (Å²) >= 11 is 3.85. The Bertz CT molecular complexity index is 1530. The second-order valence-corrected chi connectivity index (χ2v) is 8.56. The standard InChI is InChI=1S/C26H22ClN5O5S/c1-2-5-23(32-36-12-13-37-38(33)34)18-7-9-24-21(14-18)26(30-17-29-24)31-19-8-10-25(22(27)15-19)35-16-20-6-3-4-11-28-20/h3-4,6-11,14-15,17H,12-13,16H2,1H3,(H,33,34)(H,29,30,31)/p-1. The van der Waals surface area contributed by atoms with Crippen LogP contribution in [0.15, 0.2) is 72.3 Å². The van der Waals surface area contributed by atoms with E-state index in [0.717, 1.165) is 5.69 Å². The van der Waals surface area contributed by atoms with Crippen molar-refractivity contribution in [1.29, 1.82) is 0 Å². The SMILES string of the molecule is CC#CC(=NOCCOS(=O)[O-])c1ccc2ncnc(Nc3ccc(OCc4ccccn4)c(Cl)c3)c2c1. The molecule has 0 radical (unpaired) electrons. The van der Waals surface area contributed by atoms with E-state index < -0.39 is 11.4 Å². The second kappa shape index (κ2) is 13.5. The first-order chi connectivity index (χ1) is 18.5. The largest absolute Gasteiger partial charge is 0.750 e. The zero-order chi connectivity index (χ0) is 26.7. The van der Waals surface area contributed by atoms with Crippen molar-refractivity contribution >= 4 is 51.1 Å². The van der Waals surface area contributed by atoms with Gasteiger partial charge in [-0.1, -0.05) is 28.7 Å². The Balaban J connectivity index is 1.53. The fraction of sp³-hybridized carbons (Fsp3) is 0.154. The third kappa shape index (κ3) is 7.47. The molecule has 12 heteroatoms. The van der Waals surface area contributed by atoms with E-state index in [9.17, 15) is 8.76 Å². The summed E-state index contributed by atoms with van der Waals surface area (Å²) in [5.74, 6) is 6.76. The van der Waals surface area contributed by atoms with E-state index in [1.165, 1.54) is 6.33 Å². The first-order valence-corrected chi connectivity index (χ1v) is 12.6. The molecule has 0 aliphatic heterocycles. The topological polar surface area (TPSA) is 131 Å². The highest BCUT2D eigenvalue weighted by Gasteiger charge is 2.10. The molecule has 1 atom stereocenters. The highest BCUT2D eigenvalue weighted by atomic mass is 35.5. The number of fused-ring (bicyclic) bond motifs is 1. The van der Waals surface area contributed by atoms with Gasteiger partial charge in [-0.15, -0.1) is 0 Å². The molecule has 194 valence electrons. The summed E-state index contributed by atoms with van der Waals surface area (Å²) in [6.45, 7) is 1.74. The van der Waals surface area contributed by atoms with Crippen LogP contribution in [0.1, 0.15) is 18.2 Å². The maximum absolute atomic E-state index is 10.5. The first-order valence-electron chi connectivity index (χ1n) is 11.2. The first kappa shape index (κ1) is 27.0. The summed E-state index contributed by atoms with van der Waals surface area (Å²) in [5.41, 5.74) is 3.21. The monoisotopic (exact) mass is 550 g/mol. The lowest BCUT2D eigenvalue weighted by molar-refractivity contribution is 0.108. The van der Waals surface area contributed by atoms with Crippen LogP contribution in [0.25, 0.3) is 10.9 Å². The van der Waals surface area contributed by atoms with Gasteiger partial charge in [0.1, 0.15) is 31.1 Å². The number of oxime groups is 1. The van der Waals surface area contributed by atoms with E-state index in [0.29, 0.717) is 51.1 Å². The van der Waals surface area contributed by atoms with E-state index in [4.69, 9.17) is 21.2 Å². The lowest BCUT2D eigenvalue weighted by atomic mass is 10.1. The van der Waals surface area contributed by atoms with Crippen LogP contribution in [0, 0.1) is 11.8 Å². The van der Waals surface area contributed by atoms with Gasteiger partial charge in [0.2, 0.25) is 0 Å². The third-order valence-corrected chi connectivity index (χ3v) is 5.61. The molecule has 0 bridgehead atoms. The molecular formula is C26H21ClN5O5S-. The number of rotatable bonds is 11. The third-order valence-electron chi connectivity index (χ3n) is 4.96. The molecule has 0 saturated heterocycles. The fourth-order valence-electron chi connectivity index (χ4n) is 3.29. The summed E-state index contributed by atoms with van der Waals surface area (Å²) in [6, 6.07) is 16.4. The van der Waals surface area contributed by atoms with E-state index in [1.54, 1.807) is 31.3 Å². The molecular weight excluding hydrogens is 530 g/mol. The minimum atomic E-state index is -2.61. The predicted molar refractivity (Wildman–Crippen MR) is 144 cm³/mol. The maximum Gasteiger partial charge on any atom is 0.159 e. The van der Waals surface area contributed by atoms with Crippen molar-refractivity contribution in [3.63, 3.8) is 0 Å². The average molecular weight is 551 g/mol. The summed E-state index contributed by atoms with van der Waals surface area (Å²) in [4.78, 5) is 18.1. The van der Waals surface area contributed by atoms with Crippen LogP contribution in [0.3, 0.4) is 0 Å². The van der Waals surface area contributed by atoms with Crippen molar-refractivity contribution < 1.29 is 22.5 Å². The summed E-state index contributed by atoms with van der Waals surface area (Å²) in [7, 11) is 0. The molecule has 0 amide bonds. The molecule has 2 aromatic heterocycles. The zero-order valence-corrected chi connectivity index (χ0v) is 21.7. The van der Waals surface area contributed by atoms with Crippen molar-refractivity contribution in [2.24, 2.45) is 5.16 Å². The predicted octanol–water partition coefficient (Wildman–Crippen LogP) is 4.56. The number of aromatic nitrogens is 3. The van der Waals surface area contributed by atoms with Gasteiger partial charge >= 0.3 is 0 Å². The number of anilines is 2. The second-order valence-electron chi connectivity index (χ2n) is 7.51. The van der Waals surface area contributed by atoms with Crippen LogP contribution in [-0.2, 0) is 27.0 Å². The van der Waals surface area contributed by atoms with Gasteiger partial charge in [0, 0.05) is 22.8 Å². The van der Waals surface area contributed by atoms with Gasteiger partial charge in [-0.05, 0) is 61.4 Å². The van der Waals surface area contributed by atoms with Crippen LogP contribution in [0.5, 0.6) is 5.75 Å². The quantitative estimate of drug-likeness (QED) is 0.0938. The van der Waals surface area contributed by atoms with Gasteiger partial charge in [-0.3, -0.25) is 9.17 Å². The molecule has 0 saturated carbocycles. The normalized spacial score (nSPS) is 11.9. The van der Waals surface area contributed by atoms with E-state index in [1.807, 2.05) is 36.4 Å². The van der Waals surface area contributed by atoms with Gasteiger partial charge < -0.3 is 19.4 Å². The molecule has 0 aliphatic carbocycles. The number of ether oxygens (including phenoxy) is 1. The summed E-state index contributed by atoms with van der Waals surface area (Å²) in [6.07, 6.45) is 3.16. The molecule has 0 spiro atoms.